The van der Waals surface area contributed by atoms with Crippen LogP contribution in [0.3, 0.4) is 0 Å². The van der Waals surface area contributed by atoms with Gasteiger partial charge in [0.2, 0.25) is 0 Å². The lowest BCUT2D eigenvalue weighted by Crippen LogP contribution is -2.44. The fraction of sp³-hybridized carbons (Fsp3) is 1.00. The highest BCUT2D eigenvalue weighted by Crippen LogP contribution is 2.45. The Morgan fingerprint density at radius 2 is 1.26 bits per heavy atom. The molecule has 0 radical (unpaired) electrons. The van der Waals surface area contributed by atoms with Crippen LogP contribution in [-0.2, 0) is 9.84 Å². The lowest BCUT2D eigenvalue weighted by molar-refractivity contribution is 0.178. The van der Waals surface area contributed by atoms with Gasteiger partial charge >= 0.3 is 0 Å². The van der Waals surface area contributed by atoms with E-state index in [4.69, 9.17) is 11.6 Å². The molecule has 0 saturated heterocycles. The SMILES string of the molecule is C.CCCCCCCCCCCCS(=O)(=O)C1CCCC2C(Cl)CCCC21. The van der Waals surface area contributed by atoms with Crippen molar-refractivity contribution in [3.63, 3.8) is 0 Å². The average Bonchev–Trinajstić information content (AvgIpc) is 2.63. The Hall–Kier alpha value is 0.240. The van der Waals surface area contributed by atoms with Crippen LogP contribution in [0, 0.1) is 11.8 Å². The quantitative estimate of drug-likeness (QED) is 0.241. The first-order valence-electron chi connectivity index (χ1n) is 11.4. The molecular formula is C23H45ClO2S. The molecule has 0 aliphatic heterocycles. The highest BCUT2D eigenvalue weighted by Gasteiger charge is 2.44. The molecule has 0 spiro atoms. The van der Waals surface area contributed by atoms with Crippen molar-refractivity contribution >= 4 is 21.4 Å². The maximum Gasteiger partial charge on any atom is 0.153 e. The second-order valence-corrected chi connectivity index (χ2v) is 11.7. The summed E-state index contributed by atoms with van der Waals surface area (Å²) in [4.78, 5) is 0. The van der Waals surface area contributed by atoms with Gasteiger partial charge in [-0.1, -0.05) is 85.0 Å². The van der Waals surface area contributed by atoms with E-state index in [1.54, 1.807) is 0 Å². The first-order valence-corrected chi connectivity index (χ1v) is 13.6. The topological polar surface area (TPSA) is 34.1 Å². The number of hydrogen-bond acceptors (Lipinski definition) is 2. The van der Waals surface area contributed by atoms with Gasteiger partial charge in [-0.2, -0.15) is 0 Å². The Balaban J connectivity index is 0.00000364. The van der Waals surface area contributed by atoms with Gasteiger partial charge in [0.1, 0.15) is 0 Å². The summed E-state index contributed by atoms with van der Waals surface area (Å²) in [6.07, 6.45) is 18.8. The van der Waals surface area contributed by atoms with E-state index in [0.29, 0.717) is 17.6 Å². The number of sulfone groups is 1. The second-order valence-electron chi connectivity index (χ2n) is 8.79. The summed E-state index contributed by atoms with van der Waals surface area (Å²) in [7, 11) is -2.94. The summed E-state index contributed by atoms with van der Waals surface area (Å²) in [6, 6.07) is 0. The van der Waals surface area contributed by atoms with Crippen LogP contribution in [0.2, 0.25) is 0 Å². The molecule has 0 aromatic carbocycles. The third-order valence-electron chi connectivity index (χ3n) is 6.78. The zero-order chi connectivity index (χ0) is 18.8. The van der Waals surface area contributed by atoms with Crippen LogP contribution in [0.15, 0.2) is 0 Å². The van der Waals surface area contributed by atoms with E-state index in [1.165, 1.54) is 51.4 Å². The average molecular weight is 421 g/mol. The van der Waals surface area contributed by atoms with E-state index >= 15 is 0 Å². The van der Waals surface area contributed by atoms with E-state index < -0.39 is 9.84 Å². The van der Waals surface area contributed by atoms with Crippen molar-refractivity contribution < 1.29 is 8.42 Å². The minimum absolute atomic E-state index is 0. The minimum atomic E-state index is -2.94. The predicted molar refractivity (Wildman–Crippen MR) is 120 cm³/mol. The molecule has 4 unspecified atom stereocenters. The molecule has 2 fully saturated rings. The molecule has 0 aromatic heterocycles. The highest BCUT2D eigenvalue weighted by atomic mass is 35.5. The molecule has 0 bridgehead atoms. The van der Waals surface area contributed by atoms with Crippen LogP contribution in [0.5, 0.6) is 0 Å². The van der Waals surface area contributed by atoms with Crippen molar-refractivity contribution in [2.75, 3.05) is 5.75 Å². The molecule has 2 rings (SSSR count). The lowest BCUT2D eigenvalue weighted by Gasteiger charge is -2.43. The largest absolute Gasteiger partial charge is 0.229 e. The number of halogens is 1. The van der Waals surface area contributed by atoms with Gasteiger partial charge in [0.25, 0.3) is 0 Å². The van der Waals surface area contributed by atoms with Crippen molar-refractivity contribution in [2.45, 2.75) is 128 Å². The van der Waals surface area contributed by atoms with Crippen LogP contribution < -0.4 is 0 Å². The van der Waals surface area contributed by atoms with Crippen molar-refractivity contribution in [1.82, 2.24) is 0 Å². The van der Waals surface area contributed by atoms with Gasteiger partial charge in [-0.05, 0) is 43.9 Å². The van der Waals surface area contributed by atoms with Crippen LogP contribution in [0.1, 0.15) is 117 Å². The predicted octanol–water partition coefficient (Wildman–Crippen LogP) is 7.53. The van der Waals surface area contributed by atoms with E-state index in [-0.39, 0.29) is 18.1 Å². The Labute approximate surface area is 175 Å². The van der Waals surface area contributed by atoms with E-state index in [0.717, 1.165) is 51.4 Å². The smallest absolute Gasteiger partial charge is 0.153 e. The zero-order valence-corrected chi connectivity index (χ0v) is 18.5. The van der Waals surface area contributed by atoms with E-state index in [2.05, 4.69) is 6.92 Å². The monoisotopic (exact) mass is 420 g/mol. The molecule has 2 aliphatic carbocycles. The normalized spacial score (nSPS) is 28.4. The maximum absolute atomic E-state index is 12.9. The lowest BCUT2D eigenvalue weighted by atomic mass is 9.70. The molecule has 162 valence electrons. The Kier molecular flexibility index (Phi) is 12.6. The Morgan fingerprint density at radius 3 is 1.89 bits per heavy atom. The number of alkyl halides is 1. The fourth-order valence-corrected chi connectivity index (χ4v) is 8.03. The summed E-state index contributed by atoms with van der Waals surface area (Å²) >= 11 is 6.53. The molecule has 0 amide bonds. The van der Waals surface area contributed by atoms with Gasteiger partial charge in [0.15, 0.2) is 9.84 Å². The van der Waals surface area contributed by atoms with Crippen LogP contribution in [0.4, 0.5) is 0 Å². The summed E-state index contributed by atoms with van der Waals surface area (Å²) < 4.78 is 25.9. The zero-order valence-electron chi connectivity index (χ0n) is 16.9. The van der Waals surface area contributed by atoms with Crippen LogP contribution in [-0.4, -0.2) is 24.8 Å². The molecule has 4 heteroatoms. The molecule has 0 heterocycles. The molecule has 2 aliphatic rings. The summed E-state index contributed by atoms with van der Waals surface area (Å²) in [5, 5.41) is 0.116. The van der Waals surface area contributed by atoms with Crippen molar-refractivity contribution in [2.24, 2.45) is 11.8 Å². The summed E-state index contributed by atoms with van der Waals surface area (Å²) in [5.74, 6) is 1.20. The molecule has 2 saturated carbocycles. The first kappa shape index (κ1) is 25.3. The third kappa shape index (κ3) is 8.25. The number of rotatable bonds is 12. The number of fused-ring (bicyclic) bond motifs is 1. The molecule has 0 N–H and O–H groups in total. The molecule has 27 heavy (non-hydrogen) atoms. The summed E-state index contributed by atoms with van der Waals surface area (Å²) in [5.41, 5.74) is 0. The number of unbranched alkanes of at least 4 members (excludes halogenated alkanes) is 9. The van der Waals surface area contributed by atoms with Crippen LogP contribution in [0.25, 0.3) is 0 Å². The third-order valence-corrected chi connectivity index (χ3v) is 9.69. The van der Waals surface area contributed by atoms with Gasteiger partial charge < -0.3 is 0 Å². The second kappa shape index (κ2) is 13.5. The van der Waals surface area contributed by atoms with Gasteiger partial charge in [-0.15, -0.1) is 11.6 Å². The standard InChI is InChI=1S/C22H41ClO2S.CH4/c1-2-3-4-5-6-7-8-9-10-11-18-26(24,25)22-17-13-14-19-20(22)15-12-16-21(19)23;/h19-22H,2-18H2,1H3;1H4. The molecule has 2 nitrogen and oxygen atoms in total. The number of hydrogen-bond donors (Lipinski definition) is 0. The summed E-state index contributed by atoms with van der Waals surface area (Å²) in [6.45, 7) is 2.25. The van der Waals surface area contributed by atoms with E-state index in [9.17, 15) is 8.42 Å². The van der Waals surface area contributed by atoms with Gasteiger partial charge in [0.05, 0.1) is 11.0 Å². The molecular weight excluding hydrogens is 376 g/mol. The van der Waals surface area contributed by atoms with Crippen LogP contribution >= 0.6 is 11.6 Å². The maximum atomic E-state index is 12.9. The molecule has 0 aromatic rings. The fourth-order valence-electron chi connectivity index (χ4n) is 5.26. The molecule has 4 atom stereocenters. The highest BCUT2D eigenvalue weighted by molar-refractivity contribution is 7.92. The van der Waals surface area contributed by atoms with Crippen molar-refractivity contribution in [1.29, 1.82) is 0 Å². The first-order chi connectivity index (χ1) is 12.6. The van der Waals surface area contributed by atoms with Crippen molar-refractivity contribution in [3.05, 3.63) is 0 Å². The van der Waals surface area contributed by atoms with Gasteiger partial charge in [-0.3, -0.25) is 0 Å². The van der Waals surface area contributed by atoms with Crippen molar-refractivity contribution in [3.8, 4) is 0 Å². The van der Waals surface area contributed by atoms with Gasteiger partial charge in [-0.25, -0.2) is 8.42 Å². The minimum Gasteiger partial charge on any atom is -0.229 e. The Morgan fingerprint density at radius 1 is 0.741 bits per heavy atom. The van der Waals surface area contributed by atoms with Gasteiger partial charge in [0, 0.05) is 5.38 Å². The Bertz CT molecular complexity index is 477. The van der Waals surface area contributed by atoms with E-state index in [1.807, 2.05) is 0 Å².